The van der Waals surface area contributed by atoms with Gasteiger partial charge >= 0.3 is 0 Å². The fraction of sp³-hybridized carbons (Fsp3) is 0.200. The SMILES string of the molecule is CC1(C(=O)Nc2nccs2)Cc2cc(O)c(O)cc2C1c1ccccc1. The van der Waals surface area contributed by atoms with Crippen LogP contribution >= 0.6 is 11.3 Å². The zero-order valence-corrected chi connectivity index (χ0v) is 15.0. The third kappa shape index (κ3) is 2.63. The summed E-state index contributed by atoms with van der Waals surface area (Å²) in [6.07, 6.45) is 2.11. The van der Waals surface area contributed by atoms with Gasteiger partial charge in [0.15, 0.2) is 16.6 Å². The lowest BCUT2D eigenvalue weighted by Crippen LogP contribution is -2.37. The highest BCUT2D eigenvalue weighted by Gasteiger charge is 2.49. The molecule has 2 aromatic carbocycles. The molecule has 6 heteroatoms. The van der Waals surface area contributed by atoms with Crippen LogP contribution in [0.1, 0.15) is 29.5 Å². The molecule has 4 rings (SSSR count). The van der Waals surface area contributed by atoms with Crippen LogP contribution in [-0.4, -0.2) is 21.1 Å². The van der Waals surface area contributed by atoms with E-state index in [1.807, 2.05) is 42.6 Å². The molecule has 2 unspecified atom stereocenters. The van der Waals surface area contributed by atoms with Crippen molar-refractivity contribution in [1.29, 1.82) is 0 Å². The van der Waals surface area contributed by atoms with Crippen LogP contribution < -0.4 is 5.32 Å². The minimum Gasteiger partial charge on any atom is -0.504 e. The molecule has 1 amide bonds. The predicted molar refractivity (Wildman–Crippen MR) is 101 cm³/mol. The number of anilines is 1. The maximum absolute atomic E-state index is 13.2. The molecule has 5 nitrogen and oxygen atoms in total. The second-order valence-corrected chi connectivity index (χ2v) is 7.66. The van der Waals surface area contributed by atoms with Gasteiger partial charge in [0.2, 0.25) is 5.91 Å². The van der Waals surface area contributed by atoms with Crippen molar-refractivity contribution >= 4 is 22.4 Å². The number of phenols is 2. The summed E-state index contributed by atoms with van der Waals surface area (Å²) >= 11 is 1.37. The summed E-state index contributed by atoms with van der Waals surface area (Å²) in [7, 11) is 0. The third-order valence-corrected chi connectivity index (χ3v) is 5.74. The first-order valence-corrected chi connectivity index (χ1v) is 9.17. The maximum Gasteiger partial charge on any atom is 0.233 e. The minimum absolute atomic E-state index is 0.128. The maximum atomic E-state index is 13.2. The smallest absolute Gasteiger partial charge is 0.233 e. The van der Waals surface area contributed by atoms with Crippen LogP contribution in [0, 0.1) is 5.41 Å². The van der Waals surface area contributed by atoms with E-state index in [0.717, 1.165) is 16.7 Å². The van der Waals surface area contributed by atoms with Crippen LogP contribution in [0.3, 0.4) is 0 Å². The molecule has 3 aromatic rings. The zero-order chi connectivity index (χ0) is 18.3. The lowest BCUT2D eigenvalue weighted by atomic mass is 9.73. The van der Waals surface area contributed by atoms with Gasteiger partial charge in [-0.1, -0.05) is 30.3 Å². The highest BCUT2D eigenvalue weighted by atomic mass is 32.1. The highest BCUT2D eigenvalue weighted by Crippen LogP contribution is 2.53. The quantitative estimate of drug-likeness (QED) is 0.614. The Morgan fingerprint density at radius 2 is 1.96 bits per heavy atom. The van der Waals surface area contributed by atoms with Gasteiger partial charge in [-0.05, 0) is 42.2 Å². The molecule has 1 aromatic heterocycles. The molecule has 1 heterocycles. The summed E-state index contributed by atoms with van der Waals surface area (Å²) in [6, 6.07) is 12.9. The van der Waals surface area contributed by atoms with Crippen molar-refractivity contribution in [3.63, 3.8) is 0 Å². The van der Waals surface area contributed by atoms with Crippen LogP contribution in [-0.2, 0) is 11.2 Å². The highest BCUT2D eigenvalue weighted by molar-refractivity contribution is 7.13. The van der Waals surface area contributed by atoms with Crippen molar-refractivity contribution in [2.24, 2.45) is 5.41 Å². The van der Waals surface area contributed by atoms with E-state index < -0.39 is 5.41 Å². The first kappa shape index (κ1) is 16.6. The number of carbonyl (C=O) groups is 1. The molecular formula is C20H18N2O3S. The van der Waals surface area contributed by atoms with Crippen LogP contribution in [0.25, 0.3) is 0 Å². The summed E-state index contributed by atoms with van der Waals surface area (Å²) in [5.41, 5.74) is 1.96. The number of thiazole rings is 1. The zero-order valence-electron chi connectivity index (χ0n) is 14.1. The van der Waals surface area contributed by atoms with Gasteiger partial charge in [0.1, 0.15) is 0 Å². The third-order valence-electron chi connectivity index (χ3n) is 5.05. The number of carbonyl (C=O) groups excluding carboxylic acids is 1. The van der Waals surface area contributed by atoms with Crippen molar-refractivity contribution in [2.75, 3.05) is 5.32 Å². The standard InChI is InChI=1S/C20H18N2O3S/c1-20(18(25)22-19-21-7-8-26-19)11-13-9-15(23)16(24)10-14(13)17(20)12-5-3-2-4-6-12/h2-10,17,23-24H,11H2,1H3,(H,21,22,25). The van der Waals surface area contributed by atoms with Gasteiger partial charge in [-0.3, -0.25) is 4.79 Å². The van der Waals surface area contributed by atoms with Crippen LogP contribution in [0.5, 0.6) is 11.5 Å². The van der Waals surface area contributed by atoms with Crippen molar-refractivity contribution in [3.8, 4) is 11.5 Å². The number of aromatic nitrogens is 1. The normalized spacial score (nSPS) is 21.3. The number of nitrogens with one attached hydrogen (secondary N) is 1. The second kappa shape index (κ2) is 6.14. The molecule has 0 bridgehead atoms. The lowest BCUT2D eigenvalue weighted by Gasteiger charge is -2.30. The summed E-state index contributed by atoms with van der Waals surface area (Å²) in [6.45, 7) is 1.92. The van der Waals surface area contributed by atoms with Crippen LogP contribution in [0.4, 0.5) is 5.13 Å². The number of hydrogen-bond donors (Lipinski definition) is 3. The molecule has 1 aliphatic rings. The number of amides is 1. The van der Waals surface area contributed by atoms with Crippen molar-refractivity contribution < 1.29 is 15.0 Å². The van der Waals surface area contributed by atoms with E-state index in [1.165, 1.54) is 11.3 Å². The number of nitrogens with zero attached hydrogens (tertiary/aromatic N) is 1. The Balaban J connectivity index is 1.81. The monoisotopic (exact) mass is 366 g/mol. The van der Waals surface area contributed by atoms with E-state index in [0.29, 0.717) is 11.6 Å². The van der Waals surface area contributed by atoms with Crippen molar-refractivity contribution in [3.05, 3.63) is 70.7 Å². The number of hydrogen-bond acceptors (Lipinski definition) is 5. The first-order valence-electron chi connectivity index (χ1n) is 8.29. The van der Waals surface area contributed by atoms with E-state index >= 15 is 0 Å². The number of phenolic OH excluding ortho intramolecular Hbond substituents is 2. The fourth-order valence-electron chi connectivity index (χ4n) is 3.83. The van der Waals surface area contributed by atoms with Gasteiger partial charge in [-0.25, -0.2) is 4.98 Å². The molecule has 0 saturated carbocycles. The average molecular weight is 366 g/mol. The Bertz CT molecular complexity index is 957. The molecule has 0 spiro atoms. The van der Waals surface area contributed by atoms with E-state index in [4.69, 9.17) is 0 Å². The van der Waals surface area contributed by atoms with Gasteiger partial charge in [0.25, 0.3) is 0 Å². The Morgan fingerprint density at radius 3 is 2.65 bits per heavy atom. The Labute approximate surface area is 155 Å². The Hall–Kier alpha value is -2.86. The molecule has 3 N–H and O–H groups in total. The summed E-state index contributed by atoms with van der Waals surface area (Å²) in [4.78, 5) is 17.3. The molecule has 1 aliphatic carbocycles. The molecule has 26 heavy (non-hydrogen) atoms. The fourth-order valence-corrected chi connectivity index (χ4v) is 4.35. The van der Waals surface area contributed by atoms with Gasteiger partial charge in [-0.2, -0.15) is 0 Å². The molecule has 2 atom stereocenters. The summed E-state index contributed by atoms with van der Waals surface area (Å²) < 4.78 is 0. The average Bonchev–Trinajstić information content (AvgIpc) is 3.22. The molecule has 0 radical (unpaired) electrons. The summed E-state index contributed by atoms with van der Waals surface area (Å²) in [5.74, 6) is -0.698. The molecule has 0 fully saturated rings. The van der Waals surface area contributed by atoms with E-state index in [9.17, 15) is 15.0 Å². The van der Waals surface area contributed by atoms with Gasteiger partial charge in [0, 0.05) is 17.5 Å². The van der Waals surface area contributed by atoms with Crippen molar-refractivity contribution in [1.82, 2.24) is 4.98 Å². The van der Waals surface area contributed by atoms with Gasteiger partial charge in [0.05, 0.1) is 5.41 Å². The number of fused-ring (bicyclic) bond motifs is 1. The molecule has 132 valence electrons. The summed E-state index contributed by atoms with van der Waals surface area (Å²) in [5, 5.41) is 25.2. The molecule has 0 aliphatic heterocycles. The molecular weight excluding hydrogens is 348 g/mol. The van der Waals surface area contributed by atoms with E-state index in [-0.39, 0.29) is 23.3 Å². The second-order valence-electron chi connectivity index (χ2n) is 6.77. The topological polar surface area (TPSA) is 82.5 Å². The van der Waals surface area contributed by atoms with E-state index in [2.05, 4.69) is 10.3 Å². The first-order chi connectivity index (χ1) is 12.5. The number of benzene rings is 2. The van der Waals surface area contributed by atoms with Gasteiger partial charge in [-0.15, -0.1) is 11.3 Å². The predicted octanol–water partition coefficient (Wildman–Crippen LogP) is 3.89. The molecule has 0 saturated heterocycles. The number of aromatic hydroxyl groups is 2. The van der Waals surface area contributed by atoms with Gasteiger partial charge < -0.3 is 15.5 Å². The van der Waals surface area contributed by atoms with Crippen LogP contribution in [0.15, 0.2) is 54.0 Å². The lowest BCUT2D eigenvalue weighted by molar-refractivity contribution is -0.125. The Morgan fingerprint density at radius 1 is 1.23 bits per heavy atom. The minimum atomic E-state index is -0.768. The Kier molecular flexibility index (Phi) is 3.92. The van der Waals surface area contributed by atoms with Crippen LogP contribution in [0.2, 0.25) is 0 Å². The van der Waals surface area contributed by atoms with E-state index in [1.54, 1.807) is 18.3 Å². The number of rotatable bonds is 3. The largest absolute Gasteiger partial charge is 0.504 e. The van der Waals surface area contributed by atoms with Crippen molar-refractivity contribution in [2.45, 2.75) is 19.3 Å².